The molecule has 5 amide bonds. The Morgan fingerprint density at radius 3 is 2.39 bits per heavy atom. The molecule has 1 aromatic rings. The standard InChI is InChI=1S/C20H26N4O4/c1-20(2,3)12-6-4-5-11(7-12)17(26)22-14-8-13(9-14)21-16(25)10-15-18(27)24-19(28)23-15/h4-7,13-15H,8-10H2,1-3H3,(H,21,25)(H,22,26)(H2,23,24,27,28). The van der Waals surface area contributed by atoms with Crippen LogP contribution in [0.3, 0.4) is 0 Å². The number of hydrogen-bond donors (Lipinski definition) is 4. The summed E-state index contributed by atoms with van der Waals surface area (Å²) in [5, 5.41) is 10.3. The van der Waals surface area contributed by atoms with E-state index in [1.54, 1.807) is 6.07 Å². The number of urea groups is 1. The summed E-state index contributed by atoms with van der Waals surface area (Å²) in [6.45, 7) is 6.30. The van der Waals surface area contributed by atoms with E-state index in [2.05, 4.69) is 42.0 Å². The van der Waals surface area contributed by atoms with Gasteiger partial charge < -0.3 is 16.0 Å². The van der Waals surface area contributed by atoms with Crippen LogP contribution in [0.2, 0.25) is 0 Å². The topological polar surface area (TPSA) is 116 Å². The molecule has 1 unspecified atom stereocenters. The summed E-state index contributed by atoms with van der Waals surface area (Å²) in [6.07, 6.45) is 1.18. The van der Waals surface area contributed by atoms with E-state index in [-0.39, 0.29) is 35.7 Å². The van der Waals surface area contributed by atoms with Gasteiger partial charge >= 0.3 is 6.03 Å². The number of benzene rings is 1. The maximum Gasteiger partial charge on any atom is 0.322 e. The van der Waals surface area contributed by atoms with Crippen LogP contribution >= 0.6 is 0 Å². The lowest BCUT2D eigenvalue weighted by atomic mass is 9.85. The first-order chi connectivity index (χ1) is 13.1. The molecule has 0 radical (unpaired) electrons. The van der Waals surface area contributed by atoms with Gasteiger partial charge in [0.05, 0.1) is 6.42 Å². The summed E-state index contributed by atoms with van der Waals surface area (Å²) in [7, 11) is 0. The number of carbonyl (C=O) groups is 4. The predicted octanol–water partition coefficient (Wildman–Crippen LogP) is 0.959. The number of imide groups is 1. The Hall–Kier alpha value is -2.90. The van der Waals surface area contributed by atoms with Gasteiger partial charge in [0.2, 0.25) is 5.91 Å². The number of rotatable bonds is 5. The molecule has 0 bridgehead atoms. The normalized spacial score (nSPS) is 24.0. The van der Waals surface area contributed by atoms with Crippen LogP contribution in [0.15, 0.2) is 24.3 Å². The van der Waals surface area contributed by atoms with Crippen molar-refractivity contribution in [2.75, 3.05) is 0 Å². The fourth-order valence-electron chi connectivity index (χ4n) is 3.32. The lowest BCUT2D eigenvalue weighted by molar-refractivity contribution is -0.127. The van der Waals surface area contributed by atoms with Crippen LogP contribution in [0.5, 0.6) is 0 Å². The average molecular weight is 386 g/mol. The molecular formula is C20H26N4O4. The van der Waals surface area contributed by atoms with E-state index in [1.807, 2.05) is 18.2 Å². The number of hydrogen-bond acceptors (Lipinski definition) is 4. The van der Waals surface area contributed by atoms with Crippen LogP contribution in [-0.4, -0.2) is 41.9 Å². The molecule has 0 spiro atoms. The Bertz CT molecular complexity index is 809. The minimum atomic E-state index is -0.821. The number of amides is 5. The Kier molecular flexibility index (Phi) is 5.40. The van der Waals surface area contributed by atoms with Crippen LogP contribution in [0.4, 0.5) is 4.79 Å². The van der Waals surface area contributed by atoms with Gasteiger partial charge in [-0.2, -0.15) is 0 Å². The smallest absolute Gasteiger partial charge is 0.322 e. The van der Waals surface area contributed by atoms with Crippen molar-refractivity contribution in [3.05, 3.63) is 35.4 Å². The Morgan fingerprint density at radius 1 is 1.11 bits per heavy atom. The molecule has 1 aliphatic carbocycles. The maximum absolute atomic E-state index is 12.5. The first kappa shape index (κ1) is 19.9. The van der Waals surface area contributed by atoms with E-state index < -0.39 is 18.0 Å². The van der Waals surface area contributed by atoms with E-state index in [4.69, 9.17) is 0 Å². The van der Waals surface area contributed by atoms with Gasteiger partial charge in [0.15, 0.2) is 0 Å². The number of nitrogens with one attached hydrogen (secondary N) is 4. The van der Waals surface area contributed by atoms with Gasteiger partial charge in [0, 0.05) is 17.6 Å². The van der Waals surface area contributed by atoms with Crippen LogP contribution in [-0.2, 0) is 15.0 Å². The quantitative estimate of drug-likeness (QED) is 0.564. The van der Waals surface area contributed by atoms with Crippen molar-refractivity contribution >= 4 is 23.8 Å². The maximum atomic E-state index is 12.5. The molecule has 1 atom stereocenters. The predicted molar refractivity (Wildman–Crippen MR) is 103 cm³/mol. The molecule has 1 aliphatic heterocycles. The Morgan fingerprint density at radius 2 is 1.79 bits per heavy atom. The molecule has 4 N–H and O–H groups in total. The van der Waals surface area contributed by atoms with Crippen LogP contribution in [0, 0.1) is 0 Å². The molecular weight excluding hydrogens is 360 g/mol. The van der Waals surface area contributed by atoms with E-state index in [0.717, 1.165) is 5.56 Å². The van der Waals surface area contributed by atoms with Gasteiger partial charge in [-0.15, -0.1) is 0 Å². The highest BCUT2D eigenvalue weighted by Crippen LogP contribution is 2.24. The highest BCUT2D eigenvalue weighted by molar-refractivity contribution is 6.05. The summed E-state index contributed by atoms with van der Waals surface area (Å²) in [5.41, 5.74) is 1.70. The molecule has 8 heteroatoms. The van der Waals surface area contributed by atoms with E-state index >= 15 is 0 Å². The van der Waals surface area contributed by atoms with Crippen molar-refractivity contribution in [2.45, 2.75) is 63.6 Å². The fourth-order valence-corrected chi connectivity index (χ4v) is 3.32. The average Bonchev–Trinajstić information content (AvgIpc) is 2.89. The summed E-state index contributed by atoms with van der Waals surface area (Å²) < 4.78 is 0. The van der Waals surface area contributed by atoms with Crippen LogP contribution in [0.1, 0.15) is 56.0 Å². The van der Waals surface area contributed by atoms with Crippen LogP contribution < -0.4 is 21.3 Å². The zero-order valence-electron chi connectivity index (χ0n) is 16.3. The first-order valence-electron chi connectivity index (χ1n) is 9.44. The number of carbonyl (C=O) groups excluding carboxylic acids is 4. The molecule has 150 valence electrons. The molecule has 28 heavy (non-hydrogen) atoms. The molecule has 1 aromatic carbocycles. The van der Waals surface area contributed by atoms with Gasteiger partial charge in [-0.1, -0.05) is 32.9 Å². The van der Waals surface area contributed by atoms with Gasteiger partial charge in [0.1, 0.15) is 6.04 Å². The summed E-state index contributed by atoms with van der Waals surface area (Å²) in [6, 6.07) is 6.17. The Labute approximate surface area is 163 Å². The summed E-state index contributed by atoms with van der Waals surface area (Å²) in [5.74, 6) is -0.905. The molecule has 8 nitrogen and oxygen atoms in total. The summed E-state index contributed by atoms with van der Waals surface area (Å²) >= 11 is 0. The molecule has 1 saturated heterocycles. The van der Waals surface area contributed by atoms with Crippen molar-refractivity contribution in [1.29, 1.82) is 0 Å². The second-order valence-electron chi connectivity index (χ2n) is 8.46. The molecule has 1 heterocycles. The largest absolute Gasteiger partial charge is 0.353 e. The molecule has 2 aliphatic rings. The highest BCUT2D eigenvalue weighted by Gasteiger charge is 2.35. The van der Waals surface area contributed by atoms with Gasteiger partial charge in [0.25, 0.3) is 11.8 Å². The van der Waals surface area contributed by atoms with Crippen molar-refractivity contribution in [3.8, 4) is 0 Å². The zero-order valence-corrected chi connectivity index (χ0v) is 16.3. The van der Waals surface area contributed by atoms with Crippen molar-refractivity contribution in [2.24, 2.45) is 0 Å². The van der Waals surface area contributed by atoms with E-state index in [9.17, 15) is 19.2 Å². The van der Waals surface area contributed by atoms with Crippen molar-refractivity contribution in [1.82, 2.24) is 21.3 Å². The lowest BCUT2D eigenvalue weighted by Crippen LogP contribution is -2.54. The lowest BCUT2D eigenvalue weighted by Gasteiger charge is -2.36. The van der Waals surface area contributed by atoms with Gasteiger partial charge in [-0.25, -0.2) is 4.79 Å². The summed E-state index contributed by atoms with van der Waals surface area (Å²) in [4.78, 5) is 47.0. The minimum absolute atomic E-state index is 0.00516. The molecule has 0 aromatic heterocycles. The second-order valence-corrected chi connectivity index (χ2v) is 8.46. The second kappa shape index (κ2) is 7.61. The SMILES string of the molecule is CC(C)(C)c1cccc(C(=O)NC2CC(NC(=O)CC3NC(=O)NC3=O)C2)c1. The van der Waals surface area contributed by atoms with Gasteiger partial charge in [-0.3, -0.25) is 19.7 Å². The minimum Gasteiger partial charge on any atom is -0.353 e. The third kappa shape index (κ3) is 4.68. The molecule has 1 saturated carbocycles. The van der Waals surface area contributed by atoms with E-state index in [0.29, 0.717) is 18.4 Å². The van der Waals surface area contributed by atoms with Crippen molar-refractivity contribution in [3.63, 3.8) is 0 Å². The molecule has 3 rings (SSSR count). The fraction of sp³-hybridized carbons (Fsp3) is 0.500. The zero-order chi connectivity index (χ0) is 20.5. The van der Waals surface area contributed by atoms with Gasteiger partial charge in [-0.05, 0) is 36.0 Å². The van der Waals surface area contributed by atoms with Crippen molar-refractivity contribution < 1.29 is 19.2 Å². The highest BCUT2D eigenvalue weighted by atomic mass is 16.2. The third-order valence-electron chi connectivity index (χ3n) is 5.08. The third-order valence-corrected chi connectivity index (χ3v) is 5.08. The Balaban J connectivity index is 1.43. The monoisotopic (exact) mass is 386 g/mol. The van der Waals surface area contributed by atoms with Crippen LogP contribution in [0.25, 0.3) is 0 Å². The molecule has 2 fully saturated rings. The first-order valence-corrected chi connectivity index (χ1v) is 9.44. The van der Waals surface area contributed by atoms with E-state index in [1.165, 1.54) is 0 Å².